The van der Waals surface area contributed by atoms with Crippen molar-refractivity contribution in [3.8, 4) is 11.5 Å². The molecule has 8 heteroatoms. The van der Waals surface area contributed by atoms with Gasteiger partial charge in [-0.3, -0.25) is 5.10 Å². The zero-order valence-corrected chi connectivity index (χ0v) is 12.4. The molecular formula is C16H12FN5O2. The summed E-state index contributed by atoms with van der Waals surface area (Å²) < 4.78 is 25.9. The van der Waals surface area contributed by atoms with Gasteiger partial charge in [0.15, 0.2) is 11.5 Å². The number of H-pyrrole nitrogens is 1. The molecule has 0 unspecified atom stereocenters. The molecule has 0 radical (unpaired) electrons. The molecule has 5 rings (SSSR count). The van der Waals surface area contributed by atoms with Crippen molar-refractivity contribution in [3.63, 3.8) is 0 Å². The number of rotatable bonds is 2. The van der Waals surface area contributed by atoms with Crippen molar-refractivity contribution in [3.05, 3.63) is 42.2 Å². The number of halogens is 1. The van der Waals surface area contributed by atoms with Crippen molar-refractivity contribution in [2.24, 2.45) is 0 Å². The number of nitrogens with zero attached hydrogens (tertiary/aromatic N) is 3. The molecule has 4 aromatic rings. The zero-order valence-electron chi connectivity index (χ0n) is 12.4. The fraction of sp³-hybridized carbons (Fsp3) is 0.125. The molecule has 24 heavy (non-hydrogen) atoms. The van der Waals surface area contributed by atoms with Gasteiger partial charge in [0.05, 0.1) is 11.0 Å². The highest BCUT2D eigenvalue weighted by Crippen LogP contribution is 2.34. The predicted molar refractivity (Wildman–Crippen MR) is 85.5 cm³/mol. The normalized spacial score (nSPS) is 13.5. The first-order chi connectivity index (χ1) is 11.8. The summed E-state index contributed by atoms with van der Waals surface area (Å²) in [6, 6.07) is 9.77. The summed E-state index contributed by atoms with van der Waals surface area (Å²) in [6.07, 6.45) is 0. The summed E-state index contributed by atoms with van der Waals surface area (Å²) in [5.41, 5.74) is 2.34. The number of hydrogen-bond acceptors (Lipinski definition) is 5. The van der Waals surface area contributed by atoms with Crippen LogP contribution in [0.15, 0.2) is 36.4 Å². The monoisotopic (exact) mass is 325 g/mol. The number of hydrogen-bond donors (Lipinski definition) is 2. The Morgan fingerprint density at radius 3 is 2.58 bits per heavy atom. The predicted octanol–water partition coefficient (Wildman–Crippen LogP) is 2.86. The average Bonchev–Trinajstić information content (AvgIpc) is 3.12. The first-order valence-corrected chi connectivity index (χ1v) is 7.47. The van der Waals surface area contributed by atoms with Crippen LogP contribution in [0.4, 0.5) is 16.0 Å². The highest BCUT2D eigenvalue weighted by Gasteiger charge is 2.17. The maximum absolute atomic E-state index is 13.0. The minimum atomic E-state index is -0.284. The van der Waals surface area contributed by atoms with Crippen molar-refractivity contribution in [2.45, 2.75) is 0 Å². The van der Waals surface area contributed by atoms with E-state index in [1.807, 2.05) is 12.1 Å². The Labute approximate surface area is 135 Å². The summed E-state index contributed by atoms with van der Waals surface area (Å²) in [5.74, 6) is 2.14. The first kappa shape index (κ1) is 13.2. The molecule has 0 fully saturated rings. The van der Waals surface area contributed by atoms with E-state index in [1.54, 1.807) is 16.6 Å². The van der Waals surface area contributed by atoms with Gasteiger partial charge in [0, 0.05) is 17.8 Å². The largest absolute Gasteiger partial charge is 0.486 e. The van der Waals surface area contributed by atoms with Gasteiger partial charge in [-0.15, -0.1) is 0 Å². The number of benzene rings is 2. The van der Waals surface area contributed by atoms with Crippen molar-refractivity contribution in [2.75, 3.05) is 18.5 Å². The number of imidazole rings is 1. The Morgan fingerprint density at radius 2 is 1.79 bits per heavy atom. The molecule has 0 atom stereocenters. The number of fused-ring (bicyclic) bond motifs is 4. The van der Waals surface area contributed by atoms with Crippen LogP contribution >= 0.6 is 0 Å². The molecule has 1 aliphatic rings. The van der Waals surface area contributed by atoms with Gasteiger partial charge in [0.25, 0.3) is 5.78 Å². The Morgan fingerprint density at radius 1 is 1.04 bits per heavy atom. The van der Waals surface area contributed by atoms with Crippen LogP contribution in [-0.4, -0.2) is 32.8 Å². The average molecular weight is 325 g/mol. The maximum Gasteiger partial charge on any atom is 0.253 e. The Hall–Kier alpha value is -3.29. The van der Waals surface area contributed by atoms with Gasteiger partial charge < -0.3 is 14.8 Å². The van der Waals surface area contributed by atoms with Gasteiger partial charge in [-0.2, -0.15) is 4.98 Å². The van der Waals surface area contributed by atoms with E-state index >= 15 is 0 Å². The lowest BCUT2D eigenvalue weighted by Gasteiger charge is -2.17. The lowest BCUT2D eigenvalue weighted by molar-refractivity contribution is 0.172. The van der Waals surface area contributed by atoms with E-state index in [2.05, 4.69) is 20.4 Å². The first-order valence-electron chi connectivity index (χ1n) is 7.47. The molecule has 0 saturated carbocycles. The molecule has 3 heterocycles. The van der Waals surface area contributed by atoms with Crippen LogP contribution in [0.25, 0.3) is 16.8 Å². The molecule has 0 amide bonds. The summed E-state index contributed by atoms with van der Waals surface area (Å²) >= 11 is 0. The van der Waals surface area contributed by atoms with Gasteiger partial charge >= 0.3 is 0 Å². The van der Waals surface area contributed by atoms with E-state index in [-0.39, 0.29) is 5.82 Å². The molecule has 0 spiro atoms. The molecule has 2 aromatic carbocycles. The van der Waals surface area contributed by atoms with Gasteiger partial charge in [0.2, 0.25) is 5.95 Å². The molecule has 0 bridgehead atoms. The van der Waals surface area contributed by atoms with Crippen LogP contribution in [0.1, 0.15) is 0 Å². The third kappa shape index (κ3) is 2.03. The van der Waals surface area contributed by atoms with E-state index < -0.39 is 0 Å². The van der Waals surface area contributed by atoms with Crippen LogP contribution in [0.2, 0.25) is 0 Å². The fourth-order valence-corrected chi connectivity index (χ4v) is 2.74. The molecule has 0 saturated heterocycles. The van der Waals surface area contributed by atoms with Crippen LogP contribution in [0, 0.1) is 5.82 Å². The van der Waals surface area contributed by atoms with Gasteiger partial charge in [-0.25, -0.2) is 13.9 Å². The second-order valence-electron chi connectivity index (χ2n) is 5.44. The number of nitrogens with one attached hydrogen (secondary N) is 2. The van der Waals surface area contributed by atoms with Crippen LogP contribution in [0.3, 0.4) is 0 Å². The fourth-order valence-electron chi connectivity index (χ4n) is 2.74. The molecule has 120 valence electrons. The molecule has 0 aliphatic carbocycles. The van der Waals surface area contributed by atoms with E-state index in [0.717, 1.165) is 16.7 Å². The minimum Gasteiger partial charge on any atom is -0.486 e. The van der Waals surface area contributed by atoms with Gasteiger partial charge in [-0.05, 0) is 24.3 Å². The smallest absolute Gasteiger partial charge is 0.253 e. The third-order valence-electron chi connectivity index (χ3n) is 3.84. The lowest BCUT2D eigenvalue weighted by atomic mass is 10.2. The van der Waals surface area contributed by atoms with Crippen molar-refractivity contribution in [1.29, 1.82) is 0 Å². The van der Waals surface area contributed by atoms with Crippen molar-refractivity contribution >= 4 is 28.4 Å². The second kappa shape index (κ2) is 4.85. The van der Waals surface area contributed by atoms with Crippen LogP contribution in [-0.2, 0) is 0 Å². The summed E-state index contributed by atoms with van der Waals surface area (Å²) in [4.78, 5) is 8.89. The molecule has 7 nitrogen and oxygen atoms in total. The number of anilines is 2. The standard InChI is InChI=1S/C16H12FN5O2/c17-9-1-3-10(4-2-9)18-15-20-16-19-11-7-13-14(24-6-5-23-13)8-12(11)22(16)21-15/h1-4,7-8H,5-6H2,(H2,18,19,20,21). The van der Waals surface area contributed by atoms with Crippen molar-refractivity contribution in [1.82, 2.24) is 19.6 Å². The second-order valence-corrected chi connectivity index (χ2v) is 5.44. The summed E-state index contributed by atoms with van der Waals surface area (Å²) in [6.45, 7) is 1.06. The number of aromatic amines is 1. The van der Waals surface area contributed by atoms with Crippen LogP contribution < -0.4 is 14.8 Å². The highest BCUT2D eigenvalue weighted by molar-refractivity contribution is 5.83. The van der Waals surface area contributed by atoms with Crippen molar-refractivity contribution < 1.29 is 13.9 Å². The highest BCUT2D eigenvalue weighted by atomic mass is 19.1. The maximum atomic E-state index is 13.0. The van der Waals surface area contributed by atoms with E-state index in [1.165, 1.54) is 12.1 Å². The molecule has 2 aromatic heterocycles. The SMILES string of the molecule is Fc1ccc(Nc2nc3nc4cc5c(cc4n3[nH]2)OCCO5)cc1. The Balaban J connectivity index is 1.56. The number of aromatic nitrogens is 4. The lowest BCUT2D eigenvalue weighted by Crippen LogP contribution is -2.15. The summed E-state index contributed by atoms with van der Waals surface area (Å²) in [7, 11) is 0. The number of ether oxygens (including phenoxy) is 2. The molecule has 2 N–H and O–H groups in total. The van der Waals surface area contributed by atoms with Gasteiger partial charge in [-0.1, -0.05) is 0 Å². The van der Waals surface area contributed by atoms with Gasteiger partial charge in [0.1, 0.15) is 19.0 Å². The molecule has 1 aliphatic heterocycles. The van der Waals surface area contributed by atoms with E-state index in [9.17, 15) is 4.39 Å². The quantitative estimate of drug-likeness (QED) is 0.593. The Bertz CT molecular complexity index is 1050. The minimum absolute atomic E-state index is 0.284. The molecular weight excluding hydrogens is 313 g/mol. The Kier molecular flexibility index (Phi) is 2.66. The summed E-state index contributed by atoms with van der Waals surface area (Å²) in [5, 5.41) is 6.21. The third-order valence-corrected chi connectivity index (χ3v) is 3.84. The van der Waals surface area contributed by atoms with E-state index in [0.29, 0.717) is 36.4 Å². The zero-order chi connectivity index (χ0) is 16.1. The topological polar surface area (TPSA) is 76.5 Å². The van der Waals surface area contributed by atoms with Crippen LogP contribution in [0.5, 0.6) is 11.5 Å². The van der Waals surface area contributed by atoms with E-state index in [4.69, 9.17) is 9.47 Å².